The van der Waals surface area contributed by atoms with Crippen LogP contribution in [-0.4, -0.2) is 32.0 Å². The molecule has 0 saturated carbocycles. The molecule has 0 saturated heterocycles. The highest BCUT2D eigenvalue weighted by molar-refractivity contribution is 5.64. The van der Waals surface area contributed by atoms with Crippen LogP contribution < -0.4 is 5.32 Å². The van der Waals surface area contributed by atoms with E-state index in [2.05, 4.69) is 25.6 Å². The predicted octanol–water partition coefficient (Wildman–Crippen LogP) is 0.931. The number of rotatable bonds is 2. The average Bonchev–Trinajstić information content (AvgIpc) is 2.67. The molecule has 84 valence electrons. The molecule has 0 fully saturated rings. The highest BCUT2D eigenvalue weighted by Gasteiger charge is 2.13. The van der Waals surface area contributed by atoms with Crippen molar-refractivity contribution in [3.05, 3.63) is 17.6 Å². The van der Waals surface area contributed by atoms with Gasteiger partial charge in [0.25, 0.3) is 0 Å². The maximum atomic E-state index is 4.43. The third-order valence-electron chi connectivity index (χ3n) is 2.45. The SMILES string of the molecule is CNc1nc(C)nc(-c2cnnn2C)c1C. The lowest BCUT2D eigenvalue weighted by atomic mass is 10.2. The number of anilines is 1. The maximum absolute atomic E-state index is 4.43. The molecule has 16 heavy (non-hydrogen) atoms. The van der Waals surface area contributed by atoms with Crippen LogP contribution in [0.1, 0.15) is 11.4 Å². The molecule has 0 radical (unpaired) electrons. The number of nitrogens with zero attached hydrogens (tertiary/aromatic N) is 5. The zero-order valence-electron chi connectivity index (χ0n) is 9.81. The fourth-order valence-corrected chi connectivity index (χ4v) is 1.63. The predicted molar refractivity (Wildman–Crippen MR) is 61.0 cm³/mol. The van der Waals surface area contributed by atoms with E-state index >= 15 is 0 Å². The molecule has 0 atom stereocenters. The van der Waals surface area contributed by atoms with E-state index in [1.54, 1.807) is 10.9 Å². The fraction of sp³-hybridized carbons (Fsp3) is 0.400. The van der Waals surface area contributed by atoms with Gasteiger partial charge in [-0.3, -0.25) is 0 Å². The summed E-state index contributed by atoms with van der Waals surface area (Å²) in [6, 6.07) is 0. The second-order valence-electron chi connectivity index (χ2n) is 3.59. The van der Waals surface area contributed by atoms with Crippen LogP contribution in [0.25, 0.3) is 11.4 Å². The first-order valence-electron chi connectivity index (χ1n) is 5.01. The number of aromatic nitrogens is 5. The van der Waals surface area contributed by atoms with Crippen molar-refractivity contribution in [2.24, 2.45) is 7.05 Å². The Morgan fingerprint density at radius 1 is 1.25 bits per heavy atom. The summed E-state index contributed by atoms with van der Waals surface area (Å²) in [4.78, 5) is 8.75. The third kappa shape index (κ3) is 1.62. The molecule has 0 aliphatic rings. The first-order chi connectivity index (χ1) is 7.63. The van der Waals surface area contributed by atoms with Crippen molar-refractivity contribution in [1.82, 2.24) is 25.0 Å². The lowest BCUT2D eigenvalue weighted by molar-refractivity contribution is 0.718. The van der Waals surface area contributed by atoms with Crippen molar-refractivity contribution in [2.75, 3.05) is 12.4 Å². The molecule has 0 aliphatic heterocycles. The Kier molecular flexibility index (Phi) is 2.55. The van der Waals surface area contributed by atoms with E-state index < -0.39 is 0 Å². The van der Waals surface area contributed by atoms with Gasteiger partial charge in [-0.05, 0) is 13.8 Å². The average molecular weight is 218 g/mol. The molecule has 6 heteroatoms. The summed E-state index contributed by atoms with van der Waals surface area (Å²) in [7, 11) is 3.69. The summed E-state index contributed by atoms with van der Waals surface area (Å²) < 4.78 is 1.70. The van der Waals surface area contributed by atoms with Gasteiger partial charge in [0.05, 0.1) is 11.9 Å². The van der Waals surface area contributed by atoms with Crippen molar-refractivity contribution in [2.45, 2.75) is 13.8 Å². The first kappa shape index (κ1) is 10.5. The zero-order chi connectivity index (χ0) is 11.7. The minimum absolute atomic E-state index is 0.728. The van der Waals surface area contributed by atoms with Gasteiger partial charge < -0.3 is 5.32 Å². The Labute approximate surface area is 93.7 Å². The van der Waals surface area contributed by atoms with Crippen LogP contribution >= 0.6 is 0 Å². The maximum Gasteiger partial charge on any atom is 0.133 e. The lowest BCUT2D eigenvalue weighted by Crippen LogP contribution is -2.05. The minimum atomic E-state index is 0.728. The van der Waals surface area contributed by atoms with Crippen molar-refractivity contribution in [1.29, 1.82) is 0 Å². The molecule has 2 rings (SSSR count). The monoisotopic (exact) mass is 218 g/mol. The van der Waals surface area contributed by atoms with Gasteiger partial charge in [-0.1, -0.05) is 5.21 Å². The Bertz CT molecular complexity index is 516. The smallest absolute Gasteiger partial charge is 0.133 e. The van der Waals surface area contributed by atoms with Gasteiger partial charge in [-0.2, -0.15) is 0 Å². The summed E-state index contributed by atoms with van der Waals surface area (Å²) in [6.45, 7) is 3.85. The Hall–Kier alpha value is -1.98. The molecule has 0 bridgehead atoms. The van der Waals surface area contributed by atoms with E-state index in [9.17, 15) is 0 Å². The van der Waals surface area contributed by atoms with Crippen LogP contribution in [-0.2, 0) is 7.05 Å². The topological polar surface area (TPSA) is 68.5 Å². The van der Waals surface area contributed by atoms with Crippen LogP contribution in [0.5, 0.6) is 0 Å². The molecule has 1 N–H and O–H groups in total. The van der Waals surface area contributed by atoms with Crippen LogP contribution in [0.3, 0.4) is 0 Å². The number of nitrogens with one attached hydrogen (secondary N) is 1. The van der Waals surface area contributed by atoms with Crippen molar-refractivity contribution in [3.63, 3.8) is 0 Å². The number of aryl methyl sites for hydroxylation is 2. The van der Waals surface area contributed by atoms with E-state index in [0.717, 1.165) is 28.6 Å². The van der Waals surface area contributed by atoms with Crippen LogP contribution in [0, 0.1) is 13.8 Å². The summed E-state index contributed by atoms with van der Waals surface area (Å²) in [5.74, 6) is 1.56. The first-order valence-corrected chi connectivity index (χ1v) is 5.01. The largest absolute Gasteiger partial charge is 0.373 e. The van der Waals surface area contributed by atoms with E-state index in [1.807, 2.05) is 27.9 Å². The highest BCUT2D eigenvalue weighted by atomic mass is 15.4. The molecule has 0 amide bonds. The van der Waals surface area contributed by atoms with Gasteiger partial charge in [-0.15, -0.1) is 5.10 Å². The highest BCUT2D eigenvalue weighted by Crippen LogP contribution is 2.23. The normalized spacial score (nSPS) is 10.5. The molecule has 0 aliphatic carbocycles. The molecule has 2 heterocycles. The van der Waals surface area contributed by atoms with E-state index in [1.165, 1.54) is 0 Å². The Morgan fingerprint density at radius 3 is 2.56 bits per heavy atom. The van der Waals surface area contributed by atoms with Crippen molar-refractivity contribution in [3.8, 4) is 11.4 Å². The van der Waals surface area contributed by atoms with E-state index in [0.29, 0.717) is 0 Å². The lowest BCUT2D eigenvalue weighted by Gasteiger charge is -2.10. The van der Waals surface area contributed by atoms with Gasteiger partial charge in [-0.25, -0.2) is 14.6 Å². The molecule has 0 spiro atoms. The quantitative estimate of drug-likeness (QED) is 0.812. The van der Waals surface area contributed by atoms with Crippen molar-refractivity contribution < 1.29 is 0 Å². The Morgan fingerprint density at radius 2 is 2.00 bits per heavy atom. The Balaban J connectivity index is 2.65. The van der Waals surface area contributed by atoms with Gasteiger partial charge in [0, 0.05) is 19.7 Å². The van der Waals surface area contributed by atoms with Gasteiger partial charge in [0.15, 0.2) is 0 Å². The third-order valence-corrected chi connectivity index (χ3v) is 2.45. The van der Waals surface area contributed by atoms with Gasteiger partial charge in [0.1, 0.15) is 17.3 Å². The minimum Gasteiger partial charge on any atom is -0.373 e. The number of hydrogen-bond donors (Lipinski definition) is 1. The van der Waals surface area contributed by atoms with E-state index in [-0.39, 0.29) is 0 Å². The standard InChI is InChI=1S/C10H14N6/c1-6-9(8-5-12-15-16(8)4)13-7(2)14-10(6)11-3/h5H,1-4H3,(H,11,13,14). The van der Waals surface area contributed by atoms with Crippen molar-refractivity contribution >= 4 is 5.82 Å². The van der Waals surface area contributed by atoms with Gasteiger partial charge in [0.2, 0.25) is 0 Å². The fourth-order valence-electron chi connectivity index (χ4n) is 1.63. The second kappa shape index (κ2) is 3.88. The summed E-state index contributed by atoms with van der Waals surface area (Å²) >= 11 is 0. The second-order valence-corrected chi connectivity index (χ2v) is 3.59. The molecular formula is C10H14N6. The molecular weight excluding hydrogens is 204 g/mol. The molecule has 0 unspecified atom stereocenters. The summed E-state index contributed by atoms with van der Waals surface area (Å²) in [5.41, 5.74) is 2.75. The number of hydrogen-bond acceptors (Lipinski definition) is 5. The molecule has 2 aromatic rings. The summed E-state index contributed by atoms with van der Waals surface area (Å²) in [5, 5.41) is 10.8. The van der Waals surface area contributed by atoms with Crippen LogP contribution in [0.4, 0.5) is 5.82 Å². The molecule has 2 aromatic heterocycles. The van der Waals surface area contributed by atoms with Gasteiger partial charge >= 0.3 is 0 Å². The van der Waals surface area contributed by atoms with Crippen LogP contribution in [0.2, 0.25) is 0 Å². The summed E-state index contributed by atoms with van der Waals surface area (Å²) in [6.07, 6.45) is 1.70. The molecule has 0 aromatic carbocycles. The van der Waals surface area contributed by atoms with E-state index in [4.69, 9.17) is 0 Å². The molecule has 6 nitrogen and oxygen atoms in total. The van der Waals surface area contributed by atoms with Crippen LogP contribution in [0.15, 0.2) is 6.20 Å². The zero-order valence-corrected chi connectivity index (χ0v) is 9.81.